The van der Waals surface area contributed by atoms with Crippen LogP contribution in [0.25, 0.3) is 0 Å². The van der Waals surface area contributed by atoms with Gasteiger partial charge in [0.05, 0.1) is 11.1 Å². The summed E-state index contributed by atoms with van der Waals surface area (Å²) in [6.07, 6.45) is -4.50. The van der Waals surface area contributed by atoms with Crippen molar-refractivity contribution in [1.29, 1.82) is 0 Å². The van der Waals surface area contributed by atoms with E-state index in [1.165, 1.54) is 24.3 Å². The first-order valence-electron chi connectivity index (χ1n) is 6.12. The highest BCUT2D eigenvalue weighted by molar-refractivity contribution is 5.99. The van der Waals surface area contributed by atoms with Crippen LogP contribution in [0.15, 0.2) is 42.5 Å². The average molecular weight is 312 g/mol. The Kier molecular flexibility index (Phi) is 4.25. The van der Waals surface area contributed by atoms with Crippen molar-refractivity contribution in [3.05, 3.63) is 53.6 Å². The number of Topliss-reactive ketones (excluding diaryl/α,β-unsaturated/α-hetero) is 1. The maximum atomic E-state index is 12.5. The van der Waals surface area contributed by atoms with E-state index in [-0.39, 0.29) is 17.1 Å². The summed E-state index contributed by atoms with van der Waals surface area (Å²) in [5.41, 5.74) is -0.977. The molecule has 0 aliphatic carbocycles. The summed E-state index contributed by atoms with van der Waals surface area (Å²) in [5.74, 6) is -1.39. The molecule has 2 aromatic rings. The van der Waals surface area contributed by atoms with Crippen LogP contribution in [0.2, 0.25) is 0 Å². The molecule has 0 heterocycles. The van der Waals surface area contributed by atoms with Crippen LogP contribution in [-0.2, 0) is 6.18 Å². The van der Waals surface area contributed by atoms with E-state index >= 15 is 0 Å². The largest absolute Gasteiger partial charge is 0.508 e. The lowest BCUT2D eigenvalue weighted by atomic mass is 10.1. The molecule has 0 fully saturated rings. The van der Waals surface area contributed by atoms with E-state index in [4.69, 9.17) is 9.84 Å². The minimum atomic E-state index is -4.50. The molecule has 4 nitrogen and oxygen atoms in total. The zero-order chi connectivity index (χ0) is 16.3. The quantitative estimate of drug-likeness (QED) is 0.849. The van der Waals surface area contributed by atoms with Gasteiger partial charge >= 0.3 is 6.18 Å². The predicted octanol–water partition coefficient (Wildman–Crippen LogP) is 3.38. The Hall–Kier alpha value is -2.70. The number of alkyl halides is 3. The minimum absolute atomic E-state index is 0.0928. The first-order valence-corrected chi connectivity index (χ1v) is 6.12. The Morgan fingerprint density at radius 1 is 1.09 bits per heavy atom. The van der Waals surface area contributed by atoms with Gasteiger partial charge < -0.3 is 14.9 Å². The van der Waals surface area contributed by atoms with Crippen LogP contribution in [0, 0.1) is 0 Å². The fourth-order valence-electron chi connectivity index (χ4n) is 1.74. The molecule has 0 saturated carbocycles. The van der Waals surface area contributed by atoms with Crippen molar-refractivity contribution in [2.45, 2.75) is 6.18 Å². The molecular weight excluding hydrogens is 301 g/mol. The number of halogens is 3. The fourth-order valence-corrected chi connectivity index (χ4v) is 1.74. The van der Waals surface area contributed by atoms with Crippen LogP contribution in [0.3, 0.4) is 0 Å². The number of phenolic OH excluding ortho intramolecular Hbond substituents is 2. The maximum Gasteiger partial charge on any atom is 0.416 e. The van der Waals surface area contributed by atoms with Crippen LogP contribution in [0.1, 0.15) is 15.9 Å². The summed E-state index contributed by atoms with van der Waals surface area (Å²) in [6, 6.07) is 7.52. The number of hydrogen-bond donors (Lipinski definition) is 2. The van der Waals surface area contributed by atoms with Gasteiger partial charge in [0.1, 0.15) is 17.2 Å². The zero-order valence-corrected chi connectivity index (χ0v) is 11.1. The van der Waals surface area contributed by atoms with Gasteiger partial charge in [-0.15, -0.1) is 0 Å². The molecule has 7 heteroatoms. The summed E-state index contributed by atoms with van der Waals surface area (Å²) < 4.78 is 42.6. The summed E-state index contributed by atoms with van der Waals surface area (Å²) in [6.45, 7) is -0.542. The Bertz CT molecular complexity index is 695. The second-order valence-electron chi connectivity index (χ2n) is 4.44. The molecule has 0 spiro atoms. The first kappa shape index (κ1) is 15.7. The number of aromatic hydroxyl groups is 2. The maximum absolute atomic E-state index is 12.5. The van der Waals surface area contributed by atoms with E-state index in [0.29, 0.717) is 0 Å². The molecule has 116 valence electrons. The monoisotopic (exact) mass is 312 g/mol. The van der Waals surface area contributed by atoms with Gasteiger partial charge in [-0.1, -0.05) is 6.07 Å². The normalized spacial score (nSPS) is 11.2. The van der Waals surface area contributed by atoms with Crippen molar-refractivity contribution < 1.29 is 32.9 Å². The second-order valence-corrected chi connectivity index (χ2v) is 4.44. The van der Waals surface area contributed by atoms with Gasteiger partial charge in [0.2, 0.25) is 5.78 Å². The Morgan fingerprint density at radius 2 is 1.82 bits per heavy atom. The predicted molar refractivity (Wildman–Crippen MR) is 71.0 cm³/mol. The van der Waals surface area contributed by atoms with Gasteiger partial charge in [0, 0.05) is 6.07 Å². The lowest BCUT2D eigenvalue weighted by Crippen LogP contribution is -2.12. The first-order chi connectivity index (χ1) is 10.3. The zero-order valence-electron chi connectivity index (χ0n) is 11.1. The summed E-state index contributed by atoms with van der Waals surface area (Å²) in [4.78, 5) is 11.8. The molecule has 0 bridgehead atoms. The molecule has 0 aliphatic rings. The SMILES string of the molecule is O=C(COc1cccc(C(F)(F)F)c1)c1ccc(O)cc1O. The van der Waals surface area contributed by atoms with Crippen LogP contribution in [-0.4, -0.2) is 22.6 Å². The van der Waals surface area contributed by atoms with Gasteiger partial charge in [-0.3, -0.25) is 4.79 Å². The number of phenols is 2. The molecule has 2 N–H and O–H groups in total. The highest BCUT2D eigenvalue weighted by atomic mass is 19.4. The Balaban J connectivity index is 2.08. The fraction of sp³-hybridized carbons (Fsp3) is 0.133. The topological polar surface area (TPSA) is 66.8 Å². The summed E-state index contributed by atoms with van der Waals surface area (Å²) in [7, 11) is 0. The lowest BCUT2D eigenvalue weighted by Gasteiger charge is -2.10. The second kappa shape index (κ2) is 5.97. The van der Waals surface area contributed by atoms with E-state index in [2.05, 4.69) is 0 Å². The lowest BCUT2D eigenvalue weighted by molar-refractivity contribution is -0.137. The molecule has 2 aromatic carbocycles. The number of benzene rings is 2. The van der Waals surface area contributed by atoms with Crippen molar-refractivity contribution in [2.75, 3.05) is 6.61 Å². The number of ketones is 1. The standard InChI is InChI=1S/C15H11F3O4/c16-15(17,18)9-2-1-3-11(6-9)22-8-14(21)12-5-4-10(19)7-13(12)20/h1-7,19-20H,8H2. The smallest absolute Gasteiger partial charge is 0.416 e. The highest BCUT2D eigenvalue weighted by Gasteiger charge is 2.30. The summed E-state index contributed by atoms with van der Waals surface area (Å²) in [5, 5.41) is 18.6. The number of hydrogen-bond acceptors (Lipinski definition) is 4. The highest BCUT2D eigenvalue weighted by Crippen LogP contribution is 2.31. The third-order valence-electron chi connectivity index (χ3n) is 2.81. The molecule has 22 heavy (non-hydrogen) atoms. The Labute approximate surface area is 123 Å². The molecule has 0 aromatic heterocycles. The third-order valence-corrected chi connectivity index (χ3v) is 2.81. The molecule has 0 aliphatic heterocycles. The number of carbonyl (C=O) groups is 1. The van der Waals surface area contributed by atoms with Crippen molar-refractivity contribution in [3.8, 4) is 17.2 Å². The van der Waals surface area contributed by atoms with Gasteiger partial charge in [-0.25, -0.2) is 0 Å². The molecule has 2 rings (SSSR count). The van der Waals surface area contributed by atoms with E-state index in [9.17, 15) is 23.1 Å². The van der Waals surface area contributed by atoms with Crippen LogP contribution >= 0.6 is 0 Å². The van der Waals surface area contributed by atoms with E-state index in [0.717, 1.165) is 18.2 Å². The van der Waals surface area contributed by atoms with Crippen LogP contribution in [0.5, 0.6) is 17.2 Å². The molecule has 0 atom stereocenters. The van der Waals surface area contributed by atoms with Gasteiger partial charge in [-0.2, -0.15) is 13.2 Å². The van der Waals surface area contributed by atoms with E-state index < -0.39 is 29.9 Å². The number of carbonyl (C=O) groups excluding carboxylic acids is 1. The average Bonchev–Trinajstić information content (AvgIpc) is 2.44. The molecular formula is C15H11F3O4. The van der Waals surface area contributed by atoms with Gasteiger partial charge in [-0.05, 0) is 30.3 Å². The van der Waals surface area contributed by atoms with Crippen LogP contribution in [0.4, 0.5) is 13.2 Å². The number of ether oxygens (including phenoxy) is 1. The van der Waals surface area contributed by atoms with Gasteiger partial charge in [0.25, 0.3) is 0 Å². The Morgan fingerprint density at radius 3 is 2.45 bits per heavy atom. The van der Waals surface area contributed by atoms with E-state index in [1.807, 2.05) is 0 Å². The van der Waals surface area contributed by atoms with Gasteiger partial charge in [0.15, 0.2) is 6.61 Å². The third kappa shape index (κ3) is 3.69. The molecule has 0 amide bonds. The summed E-state index contributed by atoms with van der Waals surface area (Å²) >= 11 is 0. The van der Waals surface area contributed by atoms with Crippen molar-refractivity contribution in [2.24, 2.45) is 0 Å². The van der Waals surface area contributed by atoms with E-state index in [1.54, 1.807) is 0 Å². The van der Waals surface area contributed by atoms with Crippen molar-refractivity contribution in [3.63, 3.8) is 0 Å². The minimum Gasteiger partial charge on any atom is -0.508 e. The molecule has 0 radical (unpaired) electrons. The van der Waals surface area contributed by atoms with Crippen molar-refractivity contribution in [1.82, 2.24) is 0 Å². The molecule has 0 unspecified atom stereocenters. The van der Waals surface area contributed by atoms with Crippen molar-refractivity contribution >= 4 is 5.78 Å². The van der Waals surface area contributed by atoms with Crippen LogP contribution < -0.4 is 4.74 Å². The number of rotatable bonds is 4. The molecule has 0 saturated heterocycles.